The Balaban J connectivity index is 1.61. The molecule has 0 aromatic heterocycles. The molecule has 2 aromatic carbocycles. The van der Waals surface area contributed by atoms with Crippen molar-refractivity contribution in [1.29, 1.82) is 0 Å². The minimum atomic E-state index is -0.616. The number of halogens is 2. The van der Waals surface area contributed by atoms with E-state index in [1.807, 2.05) is 24.3 Å². The Bertz CT molecular complexity index is 1360. The lowest BCUT2D eigenvalue weighted by atomic mass is 9.72. The zero-order chi connectivity index (χ0) is 32.0. The lowest BCUT2D eigenvalue weighted by Gasteiger charge is -2.46. The summed E-state index contributed by atoms with van der Waals surface area (Å²) in [6, 6.07) is 11.2. The van der Waals surface area contributed by atoms with Crippen LogP contribution in [0.15, 0.2) is 54.6 Å². The lowest BCUT2D eigenvalue weighted by Crippen LogP contribution is -2.54. The van der Waals surface area contributed by atoms with Crippen molar-refractivity contribution in [2.75, 3.05) is 38.1 Å². The molecule has 4 N–H and O–H groups in total. The number of amides is 3. The number of carbonyl (C=O) groups is 3. The van der Waals surface area contributed by atoms with Crippen LogP contribution in [0.25, 0.3) is 0 Å². The number of carbonyl (C=O) groups excluding carboxylic acids is 3. The van der Waals surface area contributed by atoms with E-state index in [2.05, 4.69) is 26.1 Å². The second kappa shape index (κ2) is 14.4. The first kappa shape index (κ1) is 33.3. The van der Waals surface area contributed by atoms with Gasteiger partial charge in [-0.05, 0) is 96.9 Å². The molecule has 1 heterocycles. The largest absolute Gasteiger partial charge is 0.387 e. The Morgan fingerprint density at radius 1 is 1.11 bits per heavy atom. The van der Waals surface area contributed by atoms with Crippen molar-refractivity contribution in [2.24, 2.45) is 23.0 Å². The summed E-state index contributed by atoms with van der Waals surface area (Å²) < 4.78 is 29.3. The molecule has 8 nitrogen and oxygen atoms in total. The monoisotopic (exact) mass is 610 g/mol. The molecule has 3 unspecified atom stereocenters. The summed E-state index contributed by atoms with van der Waals surface area (Å²) in [5, 5.41) is 13.2. The van der Waals surface area contributed by atoms with E-state index in [1.54, 1.807) is 4.90 Å². The lowest BCUT2D eigenvalue weighted by molar-refractivity contribution is -0.141. The van der Waals surface area contributed by atoms with Gasteiger partial charge in [-0.3, -0.25) is 19.3 Å². The van der Waals surface area contributed by atoms with E-state index in [-0.39, 0.29) is 53.5 Å². The highest BCUT2D eigenvalue weighted by Crippen LogP contribution is 2.50. The molecule has 1 saturated carbocycles. The average molecular weight is 611 g/mol. The smallest absolute Gasteiger partial charge is 0.253 e. The average Bonchev–Trinajstić information content (AvgIpc) is 3.53. The number of aliphatic hydroxyl groups is 1. The number of nitrogens with one attached hydrogen (secondary N) is 1. The van der Waals surface area contributed by atoms with E-state index in [4.69, 9.17) is 5.73 Å². The molecule has 0 radical (unpaired) electrons. The van der Waals surface area contributed by atoms with Gasteiger partial charge in [0, 0.05) is 43.5 Å². The number of aliphatic hydroxyl groups excluding tert-OH is 1. The van der Waals surface area contributed by atoms with E-state index < -0.39 is 18.2 Å². The molecule has 2 aromatic rings. The highest BCUT2D eigenvalue weighted by molar-refractivity contribution is 6.12. The van der Waals surface area contributed by atoms with Crippen molar-refractivity contribution in [3.05, 3.63) is 77.4 Å². The summed E-state index contributed by atoms with van der Waals surface area (Å²) in [5.41, 5.74) is 7.66. The van der Waals surface area contributed by atoms with Gasteiger partial charge in [0.1, 0.15) is 18.2 Å². The van der Waals surface area contributed by atoms with Gasteiger partial charge in [-0.2, -0.15) is 0 Å². The quantitative estimate of drug-likeness (QED) is 0.292. The first-order valence-electron chi connectivity index (χ1n) is 15.3. The number of nitrogens with zero attached hydrogens (tertiary/aromatic N) is 2. The molecule has 0 bridgehead atoms. The van der Waals surface area contributed by atoms with Crippen molar-refractivity contribution in [1.82, 2.24) is 9.80 Å². The van der Waals surface area contributed by atoms with Gasteiger partial charge in [-0.25, -0.2) is 8.78 Å². The minimum Gasteiger partial charge on any atom is -0.387 e. The maximum absolute atomic E-state index is 15.0. The van der Waals surface area contributed by atoms with Gasteiger partial charge in [0.15, 0.2) is 0 Å². The molecule has 1 aliphatic carbocycles. The zero-order valence-corrected chi connectivity index (χ0v) is 25.8. The van der Waals surface area contributed by atoms with Crippen LogP contribution < -0.4 is 11.1 Å². The van der Waals surface area contributed by atoms with Crippen LogP contribution in [-0.4, -0.2) is 71.5 Å². The maximum Gasteiger partial charge on any atom is 0.253 e. The summed E-state index contributed by atoms with van der Waals surface area (Å²) in [4.78, 5) is 39.8. The SMILES string of the molecule is CC(C)(C)[C@H](C1CC(c2cc(F)ccc2F)CC1Cc1cccc(NCCN2C(=O)C=CC2=O)c1)N(CCCN)C(=O)CO. The van der Waals surface area contributed by atoms with Crippen LogP contribution in [0.2, 0.25) is 0 Å². The minimum absolute atomic E-state index is 0.0277. The van der Waals surface area contributed by atoms with Gasteiger partial charge in [-0.1, -0.05) is 32.9 Å². The van der Waals surface area contributed by atoms with E-state index in [1.165, 1.54) is 29.2 Å². The number of anilines is 1. The molecule has 10 heteroatoms. The molecular formula is C34H44F2N4O4. The van der Waals surface area contributed by atoms with E-state index in [0.717, 1.165) is 17.3 Å². The second-order valence-corrected chi connectivity index (χ2v) is 12.9. The molecule has 44 heavy (non-hydrogen) atoms. The number of hydrogen-bond donors (Lipinski definition) is 3. The summed E-state index contributed by atoms with van der Waals surface area (Å²) in [6.07, 6.45) is 4.93. The molecule has 3 amide bonds. The highest BCUT2D eigenvalue weighted by atomic mass is 19.1. The molecule has 1 aliphatic heterocycles. The molecule has 238 valence electrons. The molecule has 1 fully saturated rings. The van der Waals surface area contributed by atoms with E-state index >= 15 is 4.39 Å². The Morgan fingerprint density at radius 2 is 1.84 bits per heavy atom. The van der Waals surface area contributed by atoms with Crippen molar-refractivity contribution >= 4 is 23.4 Å². The fourth-order valence-corrected chi connectivity index (χ4v) is 7.05. The fourth-order valence-electron chi connectivity index (χ4n) is 7.05. The third kappa shape index (κ3) is 7.90. The number of benzene rings is 2. The fraction of sp³-hybridized carbons (Fsp3) is 0.500. The number of rotatable bonds is 13. The van der Waals surface area contributed by atoms with Crippen molar-refractivity contribution in [3.8, 4) is 0 Å². The van der Waals surface area contributed by atoms with E-state index in [0.29, 0.717) is 50.9 Å². The summed E-state index contributed by atoms with van der Waals surface area (Å²) >= 11 is 0. The Kier molecular flexibility index (Phi) is 10.9. The van der Waals surface area contributed by atoms with Gasteiger partial charge in [0.2, 0.25) is 5.91 Å². The van der Waals surface area contributed by atoms with Gasteiger partial charge < -0.3 is 21.1 Å². The van der Waals surface area contributed by atoms with Crippen LogP contribution in [0.4, 0.5) is 14.5 Å². The Labute approximate surface area is 258 Å². The summed E-state index contributed by atoms with van der Waals surface area (Å²) in [5.74, 6) is -2.21. The number of nitrogens with two attached hydrogens (primary N) is 1. The molecule has 4 atom stereocenters. The van der Waals surface area contributed by atoms with E-state index in [9.17, 15) is 23.9 Å². The predicted molar refractivity (Wildman–Crippen MR) is 166 cm³/mol. The van der Waals surface area contributed by atoms with Crippen LogP contribution in [0.3, 0.4) is 0 Å². The maximum atomic E-state index is 15.0. The predicted octanol–water partition coefficient (Wildman–Crippen LogP) is 4.24. The van der Waals surface area contributed by atoms with Crippen molar-refractivity contribution in [3.63, 3.8) is 0 Å². The first-order chi connectivity index (χ1) is 20.9. The zero-order valence-electron chi connectivity index (χ0n) is 25.8. The van der Waals surface area contributed by atoms with Crippen molar-refractivity contribution < 1.29 is 28.3 Å². The van der Waals surface area contributed by atoms with Gasteiger partial charge in [-0.15, -0.1) is 0 Å². The van der Waals surface area contributed by atoms with Crippen LogP contribution in [0, 0.1) is 28.9 Å². The van der Waals surface area contributed by atoms with Gasteiger partial charge >= 0.3 is 0 Å². The summed E-state index contributed by atoms with van der Waals surface area (Å²) in [6.45, 7) is 7.02. The Hall–Kier alpha value is -3.63. The molecular weight excluding hydrogens is 566 g/mol. The molecule has 2 aliphatic rings. The standard InChI is InChI=1S/C34H44F2N4O4/c1-34(2,3)33(40(14-5-12-37)32(44)21-41)28-19-24(27-20-25(35)8-9-29(27)36)18-23(28)16-22-6-4-7-26(17-22)38-13-15-39-30(42)10-11-31(39)43/h4,6-11,17,20,23-24,28,33,38,41H,5,12-16,18-19,21,37H2,1-3H3/t23?,24?,28?,33-/m0/s1. The molecule has 0 spiro atoms. The van der Waals surface area contributed by atoms with Gasteiger partial charge in [0.05, 0.1) is 0 Å². The topological polar surface area (TPSA) is 116 Å². The third-order valence-corrected chi connectivity index (χ3v) is 8.82. The summed E-state index contributed by atoms with van der Waals surface area (Å²) in [7, 11) is 0. The van der Waals surface area contributed by atoms with Crippen LogP contribution >= 0.6 is 0 Å². The van der Waals surface area contributed by atoms with Crippen molar-refractivity contribution in [2.45, 2.75) is 58.4 Å². The third-order valence-electron chi connectivity index (χ3n) is 8.82. The van der Waals surface area contributed by atoms with Crippen LogP contribution in [-0.2, 0) is 20.8 Å². The number of imide groups is 1. The Morgan fingerprint density at radius 3 is 2.50 bits per heavy atom. The van der Waals surface area contributed by atoms with Crippen LogP contribution in [0.5, 0.6) is 0 Å². The molecule has 4 rings (SSSR count). The highest BCUT2D eigenvalue weighted by Gasteiger charge is 2.47. The second-order valence-electron chi connectivity index (χ2n) is 12.9. The van der Waals surface area contributed by atoms with Gasteiger partial charge in [0.25, 0.3) is 11.8 Å². The van der Waals surface area contributed by atoms with Crippen LogP contribution in [0.1, 0.15) is 57.1 Å². The molecule has 0 saturated heterocycles. The first-order valence-corrected chi connectivity index (χ1v) is 15.3. The normalized spacial score (nSPS) is 20.8. The number of hydrogen-bond acceptors (Lipinski definition) is 6.